The number of thioether (sulfide) groups is 1. The number of nitrogens with zero attached hydrogens (tertiary/aromatic N) is 2. The van der Waals surface area contributed by atoms with Gasteiger partial charge < -0.3 is 10.2 Å². The molecule has 2 heterocycles. The first-order valence-corrected chi connectivity index (χ1v) is 12.3. The van der Waals surface area contributed by atoms with Gasteiger partial charge in [-0.05, 0) is 50.8 Å². The maximum atomic E-state index is 12.9. The van der Waals surface area contributed by atoms with Gasteiger partial charge >= 0.3 is 0 Å². The van der Waals surface area contributed by atoms with E-state index in [1.165, 1.54) is 24.8 Å². The average molecular weight is 430 g/mol. The Morgan fingerprint density at radius 2 is 2.00 bits per heavy atom. The van der Waals surface area contributed by atoms with Crippen LogP contribution in [0.2, 0.25) is 0 Å². The van der Waals surface area contributed by atoms with Gasteiger partial charge in [-0.3, -0.25) is 14.5 Å². The monoisotopic (exact) mass is 429 g/mol. The second-order valence-electron chi connectivity index (χ2n) is 8.39. The molecule has 0 radical (unpaired) electrons. The highest BCUT2D eigenvalue weighted by Gasteiger charge is 2.34. The smallest absolute Gasteiger partial charge is 0.250 e. The third-order valence-electron chi connectivity index (χ3n) is 6.18. The summed E-state index contributed by atoms with van der Waals surface area (Å²) in [4.78, 5) is 29.9. The quantitative estimate of drug-likeness (QED) is 0.667. The minimum Gasteiger partial charge on any atom is -0.350 e. The number of hydrogen-bond donors (Lipinski definition) is 1. The Morgan fingerprint density at radius 1 is 1.23 bits per heavy atom. The predicted molar refractivity (Wildman–Crippen MR) is 124 cm³/mol. The van der Waals surface area contributed by atoms with Crippen molar-refractivity contribution in [2.75, 3.05) is 18.2 Å². The second-order valence-corrected chi connectivity index (χ2v) is 9.39. The molecule has 1 N–H and O–H groups in total. The van der Waals surface area contributed by atoms with Gasteiger partial charge in [0.1, 0.15) is 6.04 Å². The van der Waals surface area contributed by atoms with E-state index >= 15 is 0 Å². The molecule has 0 spiro atoms. The van der Waals surface area contributed by atoms with Crippen LogP contribution in [0, 0.1) is 0 Å². The Hall–Kier alpha value is -1.79. The van der Waals surface area contributed by atoms with Crippen molar-refractivity contribution in [1.29, 1.82) is 0 Å². The number of rotatable bonds is 7. The molecule has 2 saturated heterocycles. The van der Waals surface area contributed by atoms with E-state index in [9.17, 15) is 9.59 Å². The summed E-state index contributed by atoms with van der Waals surface area (Å²) in [6, 6.07) is 8.60. The van der Waals surface area contributed by atoms with E-state index in [2.05, 4.69) is 35.3 Å². The van der Waals surface area contributed by atoms with Crippen LogP contribution in [0.1, 0.15) is 57.6 Å². The molecule has 1 aromatic rings. The number of allylic oxidation sites excluding steroid dienone is 1. The summed E-state index contributed by atoms with van der Waals surface area (Å²) >= 11 is 1.64. The molecule has 3 rings (SSSR count). The number of nitrogens with one attached hydrogen (secondary N) is 1. The number of carbonyl (C=O) groups is 2. The van der Waals surface area contributed by atoms with Crippen molar-refractivity contribution < 1.29 is 9.59 Å². The molecular weight excluding hydrogens is 394 g/mol. The highest BCUT2D eigenvalue weighted by atomic mass is 32.2. The van der Waals surface area contributed by atoms with Crippen LogP contribution < -0.4 is 5.32 Å². The van der Waals surface area contributed by atoms with Crippen LogP contribution in [-0.2, 0) is 22.7 Å². The van der Waals surface area contributed by atoms with Gasteiger partial charge in [0.2, 0.25) is 5.91 Å². The zero-order valence-corrected chi connectivity index (χ0v) is 19.3. The Bertz CT molecular complexity index is 779. The van der Waals surface area contributed by atoms with E-state index in [0.717, 1.165) is 30.6 Å². The molecule has 2 aliphatic rings. The average Bonchev–Trinajstić information content (AvgIpc) is 3.24. The van der Waals surface area contributed by atoms with Crippen molar-refractivity contribution in [2.24, 2.45) is 0 Å². The first kappa shape index (κ1) is 22.9. The maximum absolute atomic E-state index is 12.9. The standard InChI is InChI=1S/C24H35N3O2S/c1-4-9-18(2)24(29)27-17-30-16-22(27)23(28)25-14-20-11-5-6-12-21(20)15-26-13-8-7-10-19(26)3/h5-6,9,11-12,19,22H,4,7-8,10,13-17H2,1-3H3,(H,25,28). The van der Waals surface area contributed by atoms with Gasteiger partial charge in [0, 0.05) is 30.5 Å². The van der Waals surface area contributed by atoms with Gasteiger partial charge in [0.05, 0.1) is 5.88 Å². The minimum absolute atomic E-state index is 0.0264. The first-order chi connectivity index (χ1) is 14.5. The third-order valence-corrected chi connectivity index (χ3v) is 7.19. The largest absolute Gasteiger partial charge is 0.350 e. The van der Waals surface area contributed by atoms with E-state index in [0.29, 0.717) is 24.2 Å². The Balaban J connectivity index is 1.62. The Labute approximate surface area is 185 Å². The highest BCUT2D eigenvalue weighted by molar-refractivity contribution is 7.99. The van der Waals surface area contributed by atoms with Crippen LogP contribution in [0.3, 0.4) is 0 Å². The SMILES string of the molecule is CCC=C(C)C(=O)N1CSCC1C(=O)NCc1ccccc1CN1CCCCC1C. The number of benzene rings is 1. The number of amides is 2. The van der Waals surface area contributed by atoms with Crippen LogP contribution in [0.4, 0.5) is 0 Å². The third kappa shape index (κ3) is 5.67. The van der Waals surface area contributed by atoms with Crippen molar-refractivity contribution in [3.05, 3.63) is 47.0 Å². The topological polar surface area (TPSA) is 52.7 Å². The summed E-state index contributed by atoms with van der Waals surface area (Å²) in [5, 5.41) is 3.10. The van der Waals surface area contributed by atoms with E-state index < -0.39 is 6.04 Å². The fourth-order valence-corrected chi connectivity index (χ4v) is 5.43. The molecule has 2 amide bonds. The van der Waals surface area contributed by atoms with E-state index in [4.69, 9.17) is 0 Å². The molecule has 0 saturated carbocycles. The molecule has 0 aromatic heterocycles. The normalized spacial score (nSPS) is 22.9. The van der Waals surface area contributed by atoms with Gasteiger partial charge in [-0.25, -0.2) is 0 Å². The zero-order valence-electron chi connectivity index (χ0n) is 18.5. The number of likely N-dealkylation sites (tertiary alicyclic amines) is 1. The molecule has 1 aromatic carbocycles. The minimum atomic E-state index is -0.392. The molecule has 0 bridgehead atoms. The van der Waals surface area contributed by atoms with Crippen molar-refractivity contribution in [1.82, 2.24) is 15.1 Å². The first-order valence-electron chi connectivity index (χ1n) is 11.1. The fourth-order valence-electron chi connectivity index (χ4n) is 4.28. The number of hydrogen-bond acceptors (Lipinski definition) is 4. The second kappa shape index (κ2) is 11.0. The molecule has 6 heteroatoms. The number of carbonyl (C=O) groups excluding carboxylic acids is 2. The lowest BCUT2D eigenvalue weighted by molar-refractivity contribution is -0.135. The predicted octanol–water partition coefficient (Wildman–Crippen LogP) is 3.94. The zero-order chi connectivity index (χ0) is 21.5. The summed E-state index contributed by atoms with van der Waals surface area (Å²) in [6.07, 6.45) is 6.59. The lowest BCUT2D eigenvalue weighted by Gasteiger charge is -2.33. The Morgan fingerprint density at radius 3 is 2.73 bits per heavy atom. The van der Waals surface area contributed by atoms with Crippen LogP contribution in [0.15, 0.2) is 35.9 Å². The molecule has 2 atom stereocenters. The molecule has 5 nitrogen and oxygen atoms in total. The molecular formula is C24H35N3O2S. The van der Waals surface area contributed by atoms with Crippen molar-refractivity contribution in [3.63, 3.8) is 0 Å². The van der Waals surface area contributed by atoms with Crippen LogP contribution in [0.5, 0.6) is 0 Å². The molecule has 30 heavy (non-hydrogen) atoms. The van der Waals surface area contributed by atoms with E-state index in [-0.39, 0.29) is 11.8 Å². The molecule has 164 valence electrons. The van der Waals surface area contributed by atoms with Crippen LogP contribution >= 0.6 is 11.8 Å². The van der Waals surface area contributed by atoms with Gasteiger partial charge in [0.25, 0.3) is 5.91 Å². The summed E-state index contributed by atoms with van der Waals surface area (Å²) < 4.78 is 0. The maximum Gasteiger partial charge on any atom is 0.250 e. The molecule has 2 unspecified atom stereocenters. The highest BCUT2D eigenvalue weighted by Crippen LogP contribution is 2.24. The van der Waals surface area contributed by atoms with Crippen LogP contribution in [0.25, 0.3) is 0 Å². The van der Waals surface area contributed by atoms with Gasteiger partial charge in [-0.1, -0.05) is 43.7 Å². The van der Waals surface area contributed by atoms with Gasteiger partial charge in [-0.2, -0.15) is 0 Å². The summed E-state index contributed by atoms with van der Waals surface area (Å²) in [6.45, 7) is 8.73. The lowest BCUT2D eigenvalue weighted by Crippen LogP contribution is -2.47. The van der Waals surface area contributed by atoms with Gasteiger partial charge in [-0.15, -0.1) is 11.8 Å². The van der Waals surface area contributed by atoms with Gasteiger partial charge in [0.15, 0.2) is 0 Å². The van der Waals surface area contributed by atoms with Crippen molar-refractivity contribution in [2.45, 2.75) is 71.6 Å². The lowest BCUT2D eigenvalue weighted by atomic mass is 10.0. The summed E-state index contributed by atoms with van der Waals surface area (Å²) in [5.41, 5.74) is 3.16. The van der Waals surface area contributed by atoms with Crippen LogP contribution in [-0.4, -0.2) is 51.9 Å². The summed E-state index contributed by atoms with van der Waals surface area (Å²) in [7, 11) is 0. The molecule has 2 fully saturated rings. The number of piperidine rings is 1. The summed E-state index contributed by atoms with van der Waals surface area (Å²) in [5.74, 6) is 1.15. The van der Waals surface area contributed by atoms with Crippen molar-refractivity contribution in [3.8, 4) is 0 Å². The Kier molecular flexibility index (Phi) is 8.40. The van der Waals surface area contributed by atoms with E-state index in [1.54, 1.807) is 16.7 Å². The van der Waals surface area contributed by atoms with E-state index in [1.807, 2.05) is 26.0 Å². The van der Waals surface area contributed by atoms with Crippen molar-refractivity contribution >= 4 is 23.6 Å². The molecule has 2 aliphatic heterocycles. The molecule has 0 aliphatic carbocycles. The fraction of sp³-hybridized carbons (Fsp3) is 0.583.